The van der Waals surface area contributed by atoms with Gasteiger partial charge in [-0.3, -0.25) is 14.4 Å². The van der Waals surface area contributed by atoms with E-state index in [-0.39, 0.29) is 29.7 Å². The van der Waals surface area contributed by atoms with E-state index in [1.54, 1.807) is 6.92 Å². The van der Waals surface area contributed by atoms with Crippen LogP contribution in [0.1, 0.15) is 111 Å². The smallest absolute Gasteiger partial charge is 0.305 e. The molecule has 5 heteroatoms. The molecule has 164 valence electrons. The maximum absolute atomic E-state index is 12.0. The fraction of sp³-hybridized carbons (Fsp3) is 0.870. The van der Waals surface area contributed by atoms with E-state index < -0.39 is 0 Å². The highest BCUT2D eigenvalue weighted by atomic mass is 16.5. The van der Waals surface area contributed by atoms with Crippen molar-refractivity contribution in [1.29, 1.82) is 0 Å². The zero-order valence-corrected chi connectivity index (χ0v) is 18.6. The Hall–Kier alpha value is -1.39. The molecule has 0 aliphatic rings. The third-order valence-corrected chi connectivity index (χ3v) is 5.11. The molecule has 5 nitrogen and oxygen atoms in total. The molecule has 0 aromatic rings. The fourth-order valence-electron chi connectivity index (χ4n) is 3.48. The maximum atomic E-state index is 12.0. The lowest BCUT2D eigenvalue weighted by Gasteiger charge is -2.20. The van der Waals surface area contributed by atoms with Crippen LogP contribution in [-0.4, -0.2) is 30.4 Å². The van der Waals surface area contributed by atoms with Crippen molar-refractivity contribution in [2.24, 2.45) is 5.92 Å². The Morgan fingerprint density at radius 3 is 2.00 bits per heavy atom. The van der Waals surface area contributed by atoms with Gasteiger partial charge in [0.25, 0.3) is 0 Å². The molecule has 0 aliphatic carbocycles. The quantitative estimate of drug-likeness (QED) is 0.216. The molecular formula is C23H42O5. The summed E-state index contributed by atoms with van der Waals surface area (Å²) in [6.07, 6.45) is 12.2. The van der Waals surface area contributed by atoms with Crippen LogP contribution in [-0.2, 0) is 23.9 Å². The van der Waals surface area contributed by atoms with Gasteiger partial charge in [0.15, 0.2) is 0 Å². The van der Waals surface area contributed by atoms with Crippen LogP contribution in [0.15, 0.2) is 0 Å². The number of carbonyl (C=O) groups is 3. The van der Waals surface area contributed by atoms with Gasteiger partial charge in [-0.15, -0.1) is 0 Å². The zero-order valence-electron chi connectivity index (χ0n) is 18.6. The van der Waals surface area contributed by atoms with Crippen LogP contribution in [0.2, 0.25) is 0 Å². The fourth-order valence-corrected chi connectivity index (χ4v) is 3.48. The van der Waals surface area contributed by atoms with E-state index in [1.165, 1.54) is 6.92 Å². The first-order chi connectivity index (χ1) is 13.4. The summed E-state index contributed by atoms with van der Waals surface area (Å²) in [5.74, 6) is -0.0506. The van der Waals surface area contributed by atoms with Crippen molar-refractivity contribution in [3.63, 3.8) is 0 Å². The third-order valence-electron chi connectivity index (χ3n) is 5.11. The molecule has 0 saturated carbocycles. The number of unbranched alkanes of at least 4 members (excludes halogenated alkanes) is 6. The van der Waals surface area contributed by atoms with E-state index in [2.05, 4.69) is 6.92 Å². The molecule has 0 saturated heterocycles. The molecule has 28 heavy (non-hydrogen) atoms. The Kier molecular flexibility index (Phi) is 16.8. The molecule has 0 heterocycles. The summed E-state index contributed by atoms with van der Waals surface area (Å²) < 4.78 is 10.4. The van der Waals surface area contributed by atoms with Crippen LogP contribution < -0.4 is 0 Å². The van der Waals surface area contributed by atoms with Crippen molar-refractivity contribution in [1.82, 2.24) is 0 Å². The maximum Gasteiger partial charge on any atom is 0.305 e. The second-order valence-electron chi connectivity index (χ2n) is 7.72. The van der Waals surface area contributed by atoms with E-state index in [0.717, 1.165) is 77.0 Å². The predicted octanol–water partition coefficient (Wildman–Crippen LogP) is 5.78. The monoisotopic (exact) mass is 398 g/mol. The molecule has 0 N–H and O–H groups in total. The molecule has 0 aromatic heterocycles. The highest BCUT2D eigenvalue weighted by Gasteiger charge is 2.18. The van der Waals surface area contributed by atoms with Crippen molar-refractivity contribution in [3.05, 3.63) is 0 Å². The lowest BCUT2D eigenvalue weighted by atomic mass is 9.90. The number of esters is 2. The van der Waals surface area contributed by atoms with Crippen molar-refractivity contribution < 1.29 is 23.9 Å². The van der Waals surface area contributed by atoms with Crippen molar-refractivity contribution in [3.8, 4) is 0 Å². The predicted molar refractivity (Wildman–Crippen MR) is 112 cm³/mol. The highest BCUT2D eigenvalue weighted by molar-refractivity contribution is 5.78. The van der Waals surface area contributed by atoms with Gasteiger partial charge in [-0.1, -0.05) is 45.4 Å². The van der Waals surface area contributed by atoms with Gasteiger partial charge >= 0.3 is 11.9 Å². The van der Waals surface area contributed by atoms with Crippen molar-refractivity contribution >= 4 is 17.7 Å². The Bertz CT molecular complexity index is 433. The zero-order chi connectivity index (χ0) is 21.2. The summed E-state index contributed by atoms with van der Waals surface area (Å²) in [7, 11) is 0. The van der Waals surface area contributed by atoms with E-state index in [4.69, 9.17) is 9.47 Å². The molecule has 2 atom stereocenters. The lowest BCUT2D eigenvalue weighted by Crippen LogP contribution is -2.20. The van der Waals surface area contributed by atoms with E-state index >= 15 is 0 Å². The Morgan fingerprint density at radius 1 is 0.750 bits per heavy atom. The molecule has 0 fully saturated rings. The van der Waals surface area contributed by atoms with Gasteiger partial charge in [0, 0.05) is 19.3 Å². The van der Waals surface area contributed by atoms with Crippen LogP contribution in [0.5, 0.6) is 0 Å². The van der Waals surface area contributed by atoms with Gasteiger partial charge in [-0.2, -0.15) is 0 Å². The minimum absolute atomic E-state index is 0.0590. The van der Waals surface area contributed by atoms with Gasteiger partial charge in [0.05, 0.1) is 6.61 Å². The number of ketones is 1. The summed E-state index contributed by atoms with van der Waals surface area (Å²) >= 11 is 0. The highest BCUT2D eigenvalue weighted by Crippen LogP contribution is 2.22. The van der Waals surface area contributed by atoms with Crippen LogP contribution in [0, 0.1) is 5.92 Å². The minimum atomic E-state index is -0.233. The number of hydrogen-bond donors (Lipinski definition) is 0. The summed E-state index contributed by atoms with van der Waals surface area (Å²) in [6, 6.07) is 0. The average Bonchev–Trinajstić information content (AvgIpc) is 2.62. The average molecular weight is 399 g/mol. The normalized spacial score (nSPS) is 13.0. The molecule has 0 spiro atoms. The van der Waals surface area contributed by atoms with Crippen molar-refractivity contribution in [2.45, 2.75) is 117 Å². The molecule has 0 rings (SSSR count). The number of hydrogen-bond acceptors (Lipinski definition) is 5. The standard InChI is InChI=1S/C23H42O5/c1-5-7-11-15-22(28-20(4)25)18-17-21(19(3)24)14-12-9-8-10-13-16-23(26)27-6-2/h21-22H,5-18H2,1-4H3. The first kappa shape index (κ1) is 26.6. The van der Waals surface area contributed by atoms with Crippen LogP contribution in [0.3, 0.4) is 0 Å². The third kappa shape index (κ3) is 15.6. The van der Waals surface area contributed by atoms with Crippen LogP contribution >= 0.6 is 0 Å². The number of Topliss-reactive ketones (excluding diaryl/α,β-unsaturated/α-hetero) is 1. The second-order valence-corrected chi connectivity index (χ2v) is 7.72. The van der Waals surface area contributed by atoms with E-state index in [1.807, 2.05) is 6.92 Å². The molecule has 0 radical (unpaired) electrons. The molecule has 0 bridgehead atoms. The summed E-state index contributed by atoms with van der Waals surface area (Å²) in [5, 5.41) is 0. The lowest BCUT2D eigenvalue weighted by molar-refractivity contribution is -0.147. The van der Waals surface area contributed by atoms with Crippen LogP contribution in [0.25, 0.3) is 0 Å². The van der Waals surface area contributed by atoms with Gasteiger partial charge in [0.1, 0.15) is 11.9 Å². The molecule has 2 unspecified atom stereocenters. The minimum Gasteiger partial charge on any atom is -0.466 e. The van der Waals surface area contributed by atoms with Gasteiger partial charge in [0.2, 0.25) is 0 Å². The van der Waals surface area contributed by atoms with E-state index in [9.17, 15) is 14.4 Å². The topological polar surface area (TPSA) is 69.7 Å². The largest absolute Gasteiger partial charge is 0.466 e. The second kappa shape index (κ2) is 17.7. The van der Waals surface area contributed by atoms with Crippen LogP contribution in [0.4, 0.5) is 0 Å². The SMILES string of the molecule is CCCCCC(CCC(CCCCCCCC(=O)OCC)C(C)=O)OC(C)=O. The molecule has 0 amide bonds. The summed E-state index contributed by atoms with van der Waals surface area (Å²) in [6.45, 7) is 7.55. The number of ether oxygens (including phenoxy) is 2. The van der Waals surface area contributed by atoms with Gasteiger partial charge < -0.3 is 9.47 Å². The van der Waals surface area contributed by atoms with E-state index in [0.29, 0.717) is 13.0 Å². The van der Waals surface area contributed by atoms with Gasteiger partial charge in [-0.25, -0.2) is 0 Å². The molecule has 0 aromatic carbocycles. The first-order valence-electron chi connectivity index (χ1n) is 11.2. The van der Waals surface area contributed by atoms with Gasteiger partial charge in [-0.05, 0) is 52.4 Å². The first-order valence-corrected chi connectivity index (χ1v) is 11.2. The molecule has 0 aliphatic heterocycles. The Morgan fingerprint density at radius 2 is 1.39 bits per heavy atom. The Balaban J connectivity index is 4.07. The number of carbonyl (C=O) groups excluding carboxylic acids is 3. The molecular weight excluding hydrogens is 356 g/mol. The number of rotatable bonds is 18. The Labute approximate surface area is 171 Å². The summed E-state index contributed by atoms with van der Waals surface area (Å²) in [4.78, 5) is 34.6. The summed E-state index contributed by atoms with van der Waals surface area (Å²) in [5.41, 5.74) is 0. The van der Waals surface area contributed by atoms with Crippen molar-refractivity contribution in [2.75, 3.05) is 6.61 Å².